The van der Waals surface area contributed by atoms with Gasteiger partial charge in [-0.1, -0.05) is 37.8 Å². The Morgan fingerprint density at radius 2 is 2.07 bits per heavy atom. The topological polar surface area (TPSA) is 62.3 Å². The van der Waals surface area contributed by atoms with Gasteiger partial charge in [-0.05, 0) is 61.1 Å². The van der Waals surface area contributed by atoms with E-state index in [0.717, 1.165) is 31.4 Å². The number of aromatic nitrogens is 1. The molecule has 4 rings (SSSR count). The molecule has 2 heterocycles. The fourth-order valence-electron chi connectivity index (χ4n) is 4.28. The summed E-state index contributed by atoms with van der Waals surface area (Å²) in [6.45, 7) is 5.27. The molecule has 0 radical (unpaired) electrons. The highest BCUT2D eigenvalue weighted by molar-refractivity contribution is 5.92. The number of likely N-dealkylation sites (tertiary alicyclic amines) is 1. The Bertz CT molecular complexity index is 1020. The van der Waals surface area contributed by atoms with Gasteiger partial charge in [0, 0.05) is 29.6 Å². The van der Waals surface area contributed by atoms with Crippen molar-refractivity contribution in [3.8, 4) is 11.8 Å². The van der Waals surface area contributed by atoms with Crippen molar-refractivity contribution in [3.05, 3.63) is 59.3 Å². The fourth-order valence-corrected chi connectivity index (χ4v) is 4.28. The van der Waals surface area contributed by atoms with Crippen LogP contribution in [0.4, 0.5) is 5.82 Å². The quantitative estimate of drug-likeness (QED) is 0.802. The maximum atomic E-state index is 12.6. The highest BCUT2D eigenvalue weighted by Crippen LogP contribution is 2.30. The van der Waals surface area contributed by atoms with Crippen molar-refractivity contribution in [2.45, 2.75) is 39.5 Å². The molecule has 0 bridgehead atoms. The Hall–Kier alpha value is -3.13. The van der Waals surface area contributed by atoms with Gasteiger partial charge in [0.15, 0.2) is 0 Å². The van der Waals surface area contributed by atoms with Crippen LogP contribution in [0.3, 0.4) is 0 Å². The van der Waals surface area contributed by atoms with Crippen molar-refractivity contribution in [1.82, 2.24) is 9.88 Å². The van der Waals surface area contributed by atoms with E-state index < -0.39 is 0 Å². The van der Waals surface area contributed by atoms with Crippen molar-refractivity contribution >= 4 is 17.6 Å². The molecule has 0 saturated carbocycles. The lowest BCUT2D eigenvalue weighted by atomic mass is 9.83. The van der Waals surface area contributed by atoms with Crippen LogP contribution in [0.25, 0.3) is 0 Å². The standard InChI is InChI=1S/C25H27N3O2/c1-25(2)11-6-14-28(24(25)30)13-5-7-18-9-10-19-16-21(17-20(19)15-18)23(29)27-22-8-3-4-12-26-22/h3-4,8-10,12,15,21H,6,11,13-14,16-17H2,1-2H3,(H,26,27,29). The van der Waals surface area contributed by atoms with E-state index in [1.165, 1.54) is 11.1 Å². The first kappa shape index (κ1) is 20.2. The Labute approximate surface area is 177 Å². The normalized spacial score (nSPS) is 19.6. The molecule has 1 N–H and O–H groups in total. The molecular formula is C25H27N3O2. The number of piperidine rings is 1. The molecule has 5 nitrogen and oxygen atoms in total. The highest BCUT2D eigenvalue weighted by atomic mass is 16.2. The zero-order valence-corrected chi connectivity index (χ0v) is 17.6. The fraction of sp³-hybridized carbons (Fsp3) is 0.400. The van der Waals surface area contributed by atoms with Gasteiger partial charge in [-0.3, -0.25) is 9.59 Å². The predicted octanol–water partition coefficient (Wildman–Crippen LogP) is 3.44. The first-order valence-electron chi connectivity index (χ1n) is 10.5. The summed E-state index contributed by atoms with van der Waals surface area (Å²) in [6.07, 6.45) is 5.08. The smallest absolute Gasteiger partial charge is 0.229 e. The summed E-state index contributed by atoms with van der Waals surface area (Å²) in [5.41, 5.74) is 3.04. The molecule has 1 atom stereocenters. The molecule has 2 aromatic rings. The lowest BCUT2D eigenvalue weighted by molar-refractivity contribution is -0.143. The second-order valence-electron chi connectivity index (χ2n) is 8.81. The van der Waals surface area contributed by atoms with E-state index >= 15 is 0 Å². The molecule has 1 aromatic carbocycles. The van der Waals surface area contributed by atoms with E-state index in [4.69, 9.17) is 0 Å². The van der Waals surface area contributed by atoms with Crippen molar-refractivity contribution < 1.29 is 9.59 Å². The maximum Gasteiger partial charge on any atom is 0.229 e. The first-order chi connectivity index (χ1) is 14.4. The van der Waals surface area contributed by atoms with E-state index in [-0.39, 0.29) is 23.1 Å². The van der Waals surface area contributed by atoms with E-state index in [2.05, 4.69) is 34.3 Å². The van der Waals surface area contributed by atoms with Crippen LogP contribution < -0.4 is 5.32 Å². The van der Waals surface area contributed by atoms with Crippen LogP contribution in [0.1, 0.15) is 43.4 Å². The molecule has 0 spiro atoms. The average Bonchev–Trinajstić information content (AvgIpc) is 3.15. The van der Waals surface area contributed by atoms with Crippen LogP contribution in [0, 0.1) is 23.2 Å². The van der Waals surface area contributed by atoms with Crippen molar-refractivity contribution in [3.63, 3.8) is 0 Å². The number of hydrogen-bond acceptors (Lipinski definition) is 3. The van der Waals surface area contributed by atoms with Crippen molar-refractivity contribution in [2.75, 3.05) is 18.4 Å². The molecule has 30 heavy (non-hydrogen) atoms. The summed E-state index contributed by atoms with van der Waals surface area (Å²) < 4.78 is 0. The number of carbonyl (C=O) groups excluding carboxylic acids is 2. The molecule has 1 aromatic heterocycles. The minimum Gasteiger partial charge on any atom is -0.331 e. The van der Waals surface area contributed by atoms with Gasteiger partial charge in [-0.2, -0.15) is 0 Å². The number of benzene rings is 1. The molecule has 1 unspecified atom stereocenters. The van der Waals surface area contributed by atoms with Gasteiger partial charge in [0.05, 0.1) is 6.54 Å². The van der Waals surface area contributed by atoms with Crippen LogP contribution in [0.5, 0.6) is 0 Å². The summed E-state index contributed by atoms with van der Waals surface area (Å²) in [7, 11) is 0. The molecular weight excluding hydrogens is 374 g/mol. The summed E-state index contributed by atoms with van der Waals surface area (Å²) in [4.78, 5) is 31.1. The minimum atomic E-state index is -0.279. The summed E-state index contributed by atoms with van der Waals surface area (Å²) >= 11 is 0. The van der Waals surface area contributed by atoms with Crippen LogP contribution in [-0.4, -0.2) is 34.8 Å². The number of hydrogen-bond donors (Lipinski definition) is 1. The SMILES string of the molecule is CC1(C)CCCN(CC#Cc2ccc3c(c2)CC(C(=O)Nc2ccccn2)C3)C1=O. The second-order valence-corrected chi connectivity index (χ2v) is 8.81. The van der Waals surface area contributed by atoms with Crippen LogP contribution >= 0.6 is 0 Å². The number of anilines is 1. The third kappa shape index (κ3) is 4.38. The Kier molecular flexibility index (Phi) is 5.59. The minimum absolute atomic E-state index is 0.00348. The van der Waals surface area contributed by atoms with Crippen molar-refractivity contribution in [1.29, 1.82) is 0 Å². The molecule has 1 saturated heterocycles. The number of nitrogens with one attached hydrogen (secondary N) is 1. The second kappa shape index (κ2) is 8.31. The highest BCUT2D eigenvalue weighted by Gasteiger charge is 2.35. The number of amides is 2. The Balaban J connectivity index is 1.37. The monoisotopic (exact) mass is 401 g/mol. The zero-order valence-electron chi connectivity index (χ0n) is 17.6. The molecule has 1 aliphatic carbocycles. The predicted molar refractivity (Wildman–Crippen MR) is 117 cm³/mol. The third-order valence-corrected chi connectivity index (χ3v) is 6.02. The lowest BCUT2D eigenvalue weighted by Crippen LogP contribution is -2.45. The van der Waals surface area contributed by atoms with Crippen LogP contribution in [0.2, 0.25) is 0 Å². The Morgan fingerprint density at radius 3 is 2.87 bits per heavy atom. The van der Waals surface area contributed by atoms with Gasteiger partial charge < -0.3 is 10.2 Å². The lowest BCUT2D eigenvalue weighted by Gasteiger charge is -2.36. The van der Waals surface area contributed by atoms with Gasteiger partial charge in [0.25, 0.3) is 0 Å². The zero-order chi connectivity index (χ0) is 21.1. The maximum absolute atomic E-state index is 12.6. The average molecular weight is 402 g/mol. The molecule has 2 amide bonds. The van der Waals surface area contributed by atoms with Crippen LogP contribution in [-0.2, 0) is 22.4 Å². The molecule has 2 aliphatic rings. The van der Waals surface area contributed by atoms with E-state index in [0.29, 0.717) is 18.8 Å². The summed E-state index contributed by atoms with van der Waals surface area (Å²) in [5.74, 6) is 7.06. The number of pyridine rings is 1. The third-order valence-electron chi connectivity index (χ3n) is 6.02. The number of nitrogens with zero attached hydrogens (tertiary/aromatic N) is 2. The first-order valence-corrected chi connectivity index (χ1v) is 10.5. The van der Waals surface area contributed by atoms with E-state index in [1.807, 2.05) is 36.9 Å². The van der Waals surface area contributed by atoms with E-state index in [1.54, 1.807) is 12.3 Å². The van der Waals surface area contributed by atoms with Crippen molar-refractivity contribution in [2.24, 2.45) is 11.3 Å². The summed E-state index contributed by atoms with van der Waals surface area (Å²) in [5, 5.41) is 2.90. The van der Waals surface area contributed by atoms with Gasteiger partial charge in [-0.25, -0.2) is 4.98 Å². The largest absolute Gasteiger partial charge is 0.331 e. The number of carbonyl (C=O) groups is 2. The van der Waals surface area contributed by atoms with E-state index in [9.17, 15) is 9.59 Å². The molecule has 1 aliphatic heterocycles. The Morgan fingerprint density at radius 1 is 1.23 bits per heavy atom. The van der Waals surface area contributed by atoms with Gasteiger partial charge in [0.1, 0.15) is 5.82 Å². The molecule has 1 fully saturated rings. The summed E-state index contributed by atoms with van der Waals surface area (Å²) in [6, 6.07) is 11.6. The molecule has 5 heteroatoms. The number of fused-ring (bicyclic) bond motifs is 1. The van der Waals surface area contributed by atoms with Crippen LogP contribution in [0.15, 0.2) is 42.6 Å². The van der Waals surface area contributed by atoms with Gasteiger partial charge in [-0.15, -0.1) is 0 Å². The van der Waals surface area contributed by atoms with Gasteiger partial charge in [0.2, 0.25) is 11.8 Å². The molecule has 154 valence electrons. The van der Waals surface area contributed by atoms with Gasteiger partial charge >= 0.3 is 0 Å². The number of rotatable bonds is 3.